The number of nitrogens with one attached hydrogen (secondary N) is 2. The van der Waals surface area contributed by atoms with Crippen LogP contribution < -0.4 is 21.3 Å². The number of hydrogen-bond acceptors (Lipinski definition) is 6. The summed E-state index contributed by atoms with van der Waals surface area (Å²) >= 11 is 0. The maximum Gasteiger partial charge on any atom is 0.292 e. The summed E-state index contributed by atoms with van der Waals surface area (Å²) in [6, 6.07) is 17.4. The molecule has 3 rings (SSSR count). The highest BCUT2D eigenvalue weighted by Gasteiger charge is 2.13. The van der Waals surface area contributed by atoms with Gasteiger partial charge in [0.2, 0.25) is 0 Å². The van der Waals surface area contributed by atoms with Gasteiger partial charge < -0.3 is 10.5 Å². The molecule has 8 nitrogen and oxygen atoms in total. The zero-order chi connectivity index (χ0) is 19.8. The first kappa shape index (κ1) is 18.8. The van der Waals surface area contributed by atoms with Crippen LogP contribution in [0.2, 0.25) is 0 Å². The molecule has 2 aromatic carbocycles. The second-order valence-corrected chi connectivity index (χ2v) is 5.85. The van der Waals surface area contributed by atoms with Gasteiger partial charge in [-0.15, -0.1) is 0 Å². The molecule has 0 aliphatic heterocycles. The van der Waals surface area contributed by atoms with Crippen molar-refractivity contribution in [3.8, 4) is 5.75 Å². The molecule has 0 atom stereocenters. The van der Waals surface area contributed by atoms with E-state index in [1.54, 1.807) is 6.07 Å². The molecule has 4 N–H and O–H groups in total. The van der Waals surface area contributed by atoms with Crippen LogP contribution in [0.5, 0.6) is 5.75 Å². The highest BCUT2D eigenvalue weighted by molar-refractivity contribution is 5.97. The van der Waals surface area contributed by atoms with Gasteiger partial charge in [-0.2, -0.15) is 0 Å². The predicted octanol–water partition coefficient (Wildman–Crippen LogP) is 1.49. The third kappa shape index (κ3) is 5.04. The topological polar surface area (TPSA) is 119 Å². The summed E-state index contributed by atoms with van der Waals surface area (Å²) < 4.78 is 5.62. The number of aromatic nitrogens is 2. The molecule has 142 valence electrons. The number of ether oxygens (including phenoxy) is 1. The van der Waals surface area contributed by atoms with Gasteiger partial charge in [0.25, 0.3) is 11.8 Å². The van der Waals surface area contributed by atoms with E-state index in [4.69, 9.17) is 10.5 Å². The Morgan fingerprint density at radius 1 is 0.929 bits per heavy atom. The van der Waals surface area contributed by atoms with Crippen LogP contribution in [-0.4, -0.2) is 28.4 Å². The fourth-order valence-electron chi connectivity index (χ4n) is 2.50. The summed E-state index contributed by atoms with van der Waals surface area (Å²) in [5.41, 5.74) is 12.1. The molecule has 1 aromatic heterocycles. The van der Waals surface area contributed by atoms with Crippen LogP contribution >= 0.6 is 0 Å². The number of hydrogen-bond donors (Lipinski definition) is 3. The van der Waals surface area contributed by atoms with Crippen molar-refractivity contribution in [2.75, 3.05) is 12.3 Å². The molecule has 0 aliphatic carbocycles. The van der Waals surface area contributed by atoms with Gasteiger partial charge in [0, 0.05) is 18.8 Å². The maximum atomic E-state index is 12.0. The smallest absolute Gasteiger partial charge is 0.292 e. The number of benzene rings is 2. The van der Waals surface area contributed by atoms with Gasteiger partial charge in [-0.1, -0.05) is 48.5 Å². The fraction of sp³-hybridized carbons (Fsp3) is 0.100. The van der Waals surface area contributed by atoms with Gasteiger partial charge in [0.1, 0.15) is 5.75 Å². The van der Waals surface area contributed by atoms with Crippen molar-refractivity contribution in [2.45, 2.75) is 6.42 Å². The number of carbonyl (C=O) groups is 2. The average molecular weight is 377 g/mol. The third-order valence-corrected chi connectivity index (χ3v) is 3.83. The van der Waals surface area contributed by atoms with E-state index in [0.29, 0.717) is 12.2 Å². The SMILES string of the molecule is Nc1nccnc1C(=O)NNC(=O)COc1ccccc1Cc1ccccc1. The van der Waals surface area contributed by atoms with Crippen molar-refractivity contribution in [1.29, 1.82) is 0 Å². The van der Waals surface area contributed by atoms with Crippen molar-refractivity contribution in [3.63, 3.8) is 0 Å². The normalized spacial score (nSPS) is 10.1. The van der Waals surface area contributed by atoms with Crippen LogP contribution in [0.4, 0.5) is 5.82 Å². The van der Waals surface area contributed by atoms with Crippen LogP contribution in [0, 0.1) is 0 Å². The van der Waals surface area contributed by atoms with Gasteiger partial charge in [-0.05, 0) is 17.2 Å². The molecule has 0 fully saturated rings. The molecule has 0 bridgehead atoms. The van der Waals surface area contributed by atoms with E-state index in [-0.39, 0.29) is 18.1 Å². The molecular formula is C20H19N5O3. The Morgan fingerprint density at radius 2 is 1.64 bits per heavy atom. The Hall–Kier alpha value is -3.94. The molecule has 0 spiro atoms. The lowest BCUT2D eigenvalue weighted by Gasteiger charge is -2.12. The number of rotatable bonds is 6. The van der Waals surface area contributed by atoms with Crippen LogP contribution in [0.25, 0.3) is 0 Å². The number of amides is 2. The van der Waals surface area contributed by atoms with Gasteiger partial charge in [0.15, 0.2) is 18.1 Å². The van der Waals surface area contributed by atoms with E-state index >= 15 is 0 Å². The first-order valence-electron chi connectivity index (χ1n) is 8.54. The highest BCUT2D eigenvalue weighted by Crippen LogP contribution is 2.21. The number of nitrogens with zero attached hydrogens (tertiary/aromatic N) is 2. The van der Waals surface area contributed by atoms with Crippen molar-refractivity contribution in [3.05, 3.63) is 83.8 Å². The van der Waals surface area contributed by atoms with Crippen molar-refractivity contribution >= 4 is 17.6 Å². The minimum Gasteiger partial charge on any atom is -0.483 e. The second-order valence-electron chi connectivity index (χ2n) is 5.85. The Bertz CT molecular complexity index is 963. The van der Waals surface area contributed by atoms with Crippen molar-refractivity contribution < 1.29 is 14.3 Å². The summed E-state index contributed by atoms with van der Waals surface area (Å²) in [5.74, 6) is -0.611. The van der Waals surface area contributed by atoms with E-state index in [9.17, 15) is 9.59 Å². The standard InChI is InChI=1S/C20H19N5O3/c21-19-18(22-10-11-23-19)20(27)25-24-17(26)13-28-16-9-5-4-8-15(16)12-14-6-2-1-3-7-14/h1-11H,12-13H2,(H2,21,23)(H,24,26)(H,25,27). The average Bonchev–Trinajstić information content (AvgIpc) is 2.72. The quantitative estimate of drug-likeness (QED) is 0.560. The molecule has 28 heavy (non-hydrogen) atoms. The number of carbonyl (C=O) groups excluding carboxylic acids is 2. The Morgan fingerprint density at radius 3 is 2.43 bits per heavy atom. The molecule has 0 radical (unpaired) electrons. The van der Waals surface area contributed by atoms with Crippen LogP contribution in [0.15, 0.2) is 67.0 Å². The Kier molecular flexibility index (Phi) is 6.14. The van der Waals surface area contributed by atoms with E-state index < -0.39 is 11.8 Å². The van der Waals surface area contributed by atoms with E-state index in [2.05, 4.69) is 20.8 Å². The van der Waals surface area contributed by atoms with Crippen LogP contribution in [0.1, 0.15) is 21.6 Å². The van der Waals surface area contributed by atoms with Gasteiger partial charge >= 0.3 is 0 Å². The molecule has 0 saturated heterocycles. The van der Waals surface area contributed by atoms with Crippen molar-refractivity contribution in [2.24, 2.45) is 0 Å². The molecule has 3 aromatic rings. The van der Waals surface area contributed by atoms with Crippen LogP contribution in [0.3, 0.4) is 0 Å². The minimum atomic E-state index is -0.663. The zero-order valence-corrected chi connectivity index (χ0v) is 15.0. The highest BCUT2D eigenvalue weighted by atomic mass is 16.5. The molecular weight excluding hydrogens is 358 g/mol. The molecule has 0 aliphatic rings. The Balaban J connectivity index is 1.54. The summed E-state index contributed by atoms with van der Waals surface area (Å²) in [6.07, 6.45) is 3.38. The maximum absolute atomic E-state index is 12.0. The number of hydrazine groups is 1. The monoisotopic (exact) mass is 377 g/mol. The summed E-state index contributed by atoms with van der Waals surface area (Å²) in [5, 5.41) is 0. The first-order chi connectivity index (χ1) is 13.6. The number of anilines is 1. The largest absolute Gasteiger partial charge is 0.483 e. The summed E-state index contributed by atoms with van der Waals surface area (Å²) in [4.78, 5) is 31.5. The summed E-state index contributed by atoms with van der Waals surface area (Å²) in [6.45, 7) is -0.262. The molecule has 1 heterocycles. The lowest BCUT2D eigenvalue weighted by Crippen LogP contribution is -2.44. The van der Waals surface area contributed by atoms with Crippen LogP contribution in [-0.2, 0) is 11.2 Å². The van der Waals surface area contributed by atoms with Gasteiger partial charge in [-0.3, -0.25) is 20.4 Å². The lowest BCUT2D eigenvalue weighted by atomic mass is 10.0. The minimum absolute atomic E-state index is 0.0275. The van der Waals surface area contributed by atoms with E-state index in [0.717, 1.165) is 11.1 Å². The van der Waals surface area contributed by atoms with Crippen molar-refractivity contribution in [1.82, 2.24) is 20.8 Å². The second kappa shape index (κ2) is 9.13. The number of nitrogen functional groups attached to an aromatic ring is 1. The zero-order valence-electron chi connectivity index (χ0n) is 15.0. The molecule has 0 saturated carbocycles. The molecule has 8 heteroatoms. The Labute approximate surface area is 161 Å². The third-order valence-electron chi connectivity index (χ3n) is 3.83. The first-order valence-corrected chi connectivity index (χ1v) is 8.54. The molecule has 2 amide bonds. The lowest BCUT2D eigenvalue weighted by molar-refractivity contribution is -0.123. The van der Waals surface area contributed by atoms with E-state index in [1.807, 2.05) is 48.5 Å². The van der Waals surface area contributed by atoms with E-state index in [1.165, 1.54) is 12.4 Å². The predicted molar refractivity (Wildman–Crippen MR) is 103 cm³/mol. The fourth-order valence-corrected chi connectivity index (χ4v) is 2.50. The molecule has 0 unspecified atom stereocenters. The number of para-hydroxylation sites is 1. The van der Waals surface area contributed by atoms with Gasteiger partial charge in [-0.25, -0.2) is 9.97 Å². The number of nitrogens with two attached hydrogens (primary N) is 1. The summed E-state index contributed by atoms with van der Waals surface area (Å²) in [7, 11) is 0. The van der Waals surface area contributed by atoms with Gasteiger partial charge in [0.05, 0.1) is 0 Å².